The van der Waals surface area contributed by atoms with Gasteiger partial charge in [0.15, 0.2) is 0 Å². The van der Waals surface area contributed by atoms with Crippen LogP contribution in [0.2, 0.25) is 0 Å². The van der Waals surface area contributed by atoms with Crippen molar-refractivity contribution >= 4 is 15.7 Å². The lowest BCUT2D eigenvalue weighted by Gasteiger charge is -2.22. The molecule has 0 bridgehead atoms. The van der Waals surface area contributed by atoms with Crippen LogP contribution in [0.25, 0.3) is 0 Å². The standard InChI is InChI=1S/C14H22N2O4S/c15-13-2-1-3-14(10-13)20-8-9-21(17,18)16-11-12-4-6-19-7-5-12/h1-3,10,12,16H,4-9,11,15H2. The number of ether oxygens (including phenoxy) is 2. The average molecular weight is 314 g/mol. The van der Waals surface area contributed by atoms with Crippen molar-refractivity contribution in [1.82, 2.24) is 4.72 Å². The van der Waals surface area contributed by atoms with E-state index in [1.54, 1.807) is 24.3 Å². The molecule has 1 aromatic rings. The van der Waals surface area contributed by atoms with E-state index in [0.29, 0.717) is 37.1 Å². The Morgan fingerprint density at radius 1 is 1.33 bits per heavy atom. The summed E-state index contributed by atoms with van der Waals surface area (Å²) in [5.74, 6) is 0.878. The second-order valence-electron chi connectivity index (χ2n) is 5.14. The van der Waals surface area contributed by atoms with Crippen molar-refractivity contribution in [2.45, 2.75) is 12.8 Å². The molecule has 1 heterocycles. The molecule has 7 heteroatoms. The highest BCUT2D eigenvalue weighted by Gasteiger charge is 2.17. The molecule has 1 aliphatic heterocycles. The van der Waals surface area contributed by atoms with E-state index >= 15 is 0 Å². The molecule has 118 valence electrons. The Morgan fingerprint density at radius 2 is 2.10 bits per heavy atom. The normalized spacial score (nSPS) is 16.8. The number of benzene rings is 1. The fourth-order valence-electron chi connectivity index (χ4n) is 2.14. The van der Waals surface area contributed by atoms with Crippen molar-refractivity contribution in [3.63, 3.8) is 0 Å². The summed E-state index contributed by atoms with van der Waals surface area (Å²) in [4.78, 5) is 0. The Hall–Kier alpha value is -1.31. The van der Waals surface area contributed by atoms with Gasteiger partial charge in [0.1, 0.15) is 12.4 Å². The van der Waals surface area contributed by atoms with Gasteiger partial charge in [-0.1, -0.05) is 6.07 Å². The first-order valence-electron chi connectivity index (χ1n) is 7.08. The van der Waals surface area contributed by atoms with Crippen LogP contribution in [0.15, 0.2) is 24.3 Å². The van der Waals surface area contributed by atoms with Gasteiger partial charge in [0.25, 0.3) is 0 Å². The Kier molecular flexibility index (Phi) is 5.84. The Morgan fingerprint density at radius 3 is 2.81 bits per heavy atom. The zero-order chi connectivity index (χ0) is 15.1. The van der Waals surface area contributed by atoms with Crippen LogP contribution in [0, 0.1) is 5.92 Å². The van der Waals surface area contributed by atoms with Crippen LogP contribution in [0.4, 0.5) is 5.69 Å². The van der Waals surface area contributed by atoms with Gasteiger partial charge in [0.05, 0.1) is 5.75 Å². The molecule has 0 radical (unpaired) electrons. The molecule has 1 aliphatic rings. The van der Waals surface area contributed by atoms with Crippen molar-refractivity contribution < 1.29 is 17.9 Å². The molecule has 1 fully saturated rings. The SMILES string of the molecule is Nc1cccc(OCCS(=O)(=O)NCC2CCOCC2)c1. The molecular weight excluding hydrogens is 292 g/mol. The minimum Gasteiger partial charge on any atom is -0.492 e. The highest BCUT2D eigenvalue weighted by atomic mass is 32.2. The smallest absolute Gasteiger partial charge is 0.214 e. The first-order valence-corrected chi connectivity index (χ1v) is 8.74. The van der Waals surface area contributed by atoms with E-state index in [0.717, 1.165) is 12.8 Å². The zero-order valence-corrected chi connectivity index (χ0v) is 12.8. The van der Waals surface area contributed by atoms with Gasteiger partial charge in [0, 0.05) is 31.5 Å². The largest absolute Gasteiger partial charge is 0.492 e. The third kappa shape index (κ3) is 5.91. The molecule has 1 aromatic carbocycles. The van der Waals surface area contributed by atoms with E-state index in [2.05, 4.69) is 4.72 Å². The molecule has 0 aliphatic carbocycles. The molecule has 0 amide bonds. The second-order valence-corrected chi connectivity index (χ2v) is 7.07. The summed E-state index contributed by atoms with van der Waals surface area (Å²) in [6, 6.07) is 6.93. The number of rotatable bonds is 7. The fraction of sp³-hybridized carbons (Fsp3) is 0.571. The summed E-state index contributed by atoms with van der Waals surface area (Å²) in [6.07, 6.45) is 1.81. The summed E-state index contributed by atoms with van der Waals surface area (Å²) in [6.45, 7) is 2.01. The maximum atomic E-state index is 11.9. The Balaban J connectivity index is 1.70. The van der Waals surface area contributed by atoms with Gasteiger partial charge in [-0.25, -0.2) is 13.1 Å². The number of anilines is 1. The van der Waals surface area contributed by atoms with Gasteiger partial charge < -0.3 is 15.2 Å². The highest BCUT2D eigenvalue weighted by Crippen LogP contribution is 2.15. The molecule has 6 nitrogen and oxygen atoms in total. The van der Waals surface area contributed by atoms with Gasteiger partial charge in [0.2, 0.25) is 10.0 Å². The van der Waals surface area contributed by atoms with Crippen LogP contribution in [0.3, 0.4) is 0 Å². The van der Waals surface area contributed by atoms with Crippen LogP contribution in [-0.2, 0) is 14.8 Å². The van der Waals surface area contributed by atoms with Gasteiger partial charge in [-0.15, -0.1) is 0 Å². The molecule has 21 heavy (non-hydrogen) atoms. The molecule has 1 saturated heterocycles. The summed E-state index contributed by atoms with van der Waals surface area (Å²) in [5.41, 5.74) is 6.22. The maximum absolute atomic E-state index is 11.9. The van der Waals surface area contributed by atoms with Crippen molar-refractivity contribution in [3.8, 4) is 5.75 Å². The van der Waals surface area contributed by atoms with Gasteiger partial charge in [-0.2, -0.15) is 0 Å². The van der Waals surface area contributed by atoms with Crippen LogP contribution in [0.1, 0.15) is 12.8 Å². The third-order valence-electron chi connectivity index (χ3n) is 3.41. The van der Waals surface area contributed by atoms with Crippen LogP contribution >= 0.6 is 0 Å². The molecule has 0 unspecified atom stereocenters. The summed E-state index contributed by atoms with van der Waals surface area (Å²) in [5, 5.41) is 0. The lowest BCUT2D eigenvalue weighted by atomic mass is 10.0. The van der Waals surface area contributed by atoms with Crippen molar-refractivity contribution in [3.05, 3.63) is 24.3 Å². The quantitative estimate of drug-likeness (QED) is 0.733. The molecular formula is C14H22N2O4S. The number of sulfonamides is 1. The lowest BCUT2D eigenvalue weighted by Crippen LogP contribution is -2.34. The van der Waals surface area contributed by atoms with E-state index in [1.165, 1.54) is 0 Å². The Bertz CT molecular complexity index is 542. The molecule has 2 rings (SSSR count). The second kappa shape index (κ2) is 7.63. The first-order chi connectivity index (χ1) is 10.1. The van der Waals surface area contributed by atoms with Crippen molar-refractivity contribution in [1.29, 1.82) is 0 Å². The van der Waals surface area contributed by atoms with Crippen molar-refractivity contribution in [2.24, 2.45) is 5.92 Å². The Labute approximate surface area is 125 Å². The van der Waals surface area contributed by atoms with E-state index in [9.17, 15) is 8.42 Å². The van der Waals surface area contributed by atoms with E-state index < -0.39 is 10.0 Å². The van der Waals surface area contributed by atoms with Crippen LogP contribution in [-0.4, -0.2) is 40.5 Å². The lowest BCUT2D eigenvalue weighted by molar-refractivity contribution is 0.0678. The minimum atomic E-state index is -3.31. The monoisotopic (exact) mass is 314 g/mol. The van der Waals surface area contributed by atoms with Crippen LogP contribution < -0.4 is 15.2 Å². The number of hydrogen-bond donors (Lipinski definition) is 2. The maximum Gasteiger partial charge on any atom is 0.214 e. The molecule has 3 N–H and O–H groups in total. The number of hydrogen-bond acceptors (Lipinski definition) is 5. The number of nitrogen functional groups attached to an aromatic ring is 1. The molecule has 0 atom stereocenters. The summed E-state index contributed by atoms with van der Waals surface area (Å²) >= 11 is 0. The highest BCUT2D eigenvalue weighted by molar-refractivity contribution is 7.89. The third-order valence-corrected chi connectivity index (χ3v) is 4.72. The minimum absolute atomic E-state index is 0.0645. The zero-order valence-electron chi connectivity index (χ0n) is 12.0. The van der Waals surface area contributed by atoms with Crippen LogP contribution in [0.5, 0.6) is 5.75 Å². The van der Waals surface area contributed by atoms with Gasteiger partial charge in [-0.3, -0.25) is 0 Å². The van der Waals surface area contributed by atoms with Crippen molar-refractivity contribution in [2.75, 3.05) is 37.9 Å². The van der Waals surface area contributed by atoms with E-state index in [1.807, 2.05) is 0 Å². The molecule has 0 saturated carbocycles. The van der Waals surface area contributed by atoms with Gasteiger partial charge in [-0.05, 0) is 30.9 Å². The van der Waals surface area contributed by atoms with E-state index in [-0.39, 0.29) is 12.4 Å². The first kappa shape index (κ1) is 16.1. The number of nitrogens with two attached hydrogens (primary N) is 1. The fourth-order valence-corrected chi connectivity index (χ4v) is 3.08. The summed E-state index contributed by atoms with van der Waals surface area (Å²) < 4.78 is 37.0. The predicted molar refractivity (Wildman–Crippen MR) is 81.7 cm³/mol. The van der Waals surface area contributed by atoms with E-state index in [4.69, 9.17) is 15.2 Å². The predicted octanol–water partition coefficient (Wildman–Crippen LogP) is 0.994. The molecule has 0 spiro atoms. The summed E-state index contributed by atoms with van der Waals surface area (Å²) in [7, 11) is -3.31. The molecule has 0 aromatic heterocycles. The van der Waals surface area contributed by atoms with Gasteiger partial charge >= 0.3 is 0 Å². The average Bonchev–Trinajstić information content (AvgIpc) is 2.46. The number of nitrogens with one attached hydrogen (secondary N) is 1. The topological polar surface area (TPSA) is 90.7 Å².